The van der Waals surface area contributed by atoms with E-state index in [4.69, 9.17) is 0 Å². The molecule has 0 atom stereocenters. The van der Waals surface area contributed by atoms with Gasteiger partial charge in [0, 0.05) is 31.6 Å². The number of rotatable bonds is 4. The fourth-order valence-electron chi connectivity index (χ4n) is 4.02. The van der Waals surface area contributed by atoms with Gasteiger partial charge in [-0.05, 0) is 25.0 Å². The highest BCUT2D eigenvalue weighted by molar-refractivity contribution is 5.78. The Morgan fingerprint density at radius 3 is 2.85 bits per heavy atom. The van der Waals surface area contributed by atoms with E-state index in [-0.39, 0.29) is 11.5 Å². The molecule has 1 aliphatic heterocycles. The molecule has 1 saturated carbocycles. The molecule has 1 aromatic heterocycles. The zero-order valence-electron chi connectivity index (χ0n) is 15.2. The van der Waals surface area contributed by atoms with Gasteiger partial charge in [0.05, 0.1) is 23.5 Å². The van der Waals surface area contributed by atoms with Gasteiger partial charge in [-0.15, -0.1) is 0 Å². The third kappa shape index (κ3) is 4.18. The van der Waals surface area contributed by atoms with Crippen LogP contribution >= 0.6 is 0 Å². The summed E-state index contributed by atoms with van der Waals surface area (Å²) >= 11 is 0. The summed E-state index contributed by atoms with van der Waals surface area (Å²) in [5, 5.41) is 3.14. The highest BCUT2D eigenvalue weighted by Gasteiger charge is 2.24. The molecule has 2 N–H and O–H groups in total. The molecule has 0 bridgehead atoms. The van der Waals surface area contributed by atoms with Crippen molar-refractivity contribution in [2.75, 3.05) is 13.1 Å². The smallest absolute Gasteiger partial charge is 0.234 e. The molecule has 1 aromatic carbocycles. The molecule has 0 spiro atoms. The van der Waals surface area contributed by atoms with Crippen LogP contribution < -0.4 is 5.32 Å². The number of hydrogen-bond donors (Lipinski definition) is 2. The number of nitrogens with one attached hydrogen (secondary N) is 2. The van der Waals surface area contributed by atoms with Gasteiger partial charge in [0.15, 0.2) is 0 Å². The molecule has 27 heavy (non-hydrogen) atoms. The molecule has 2 aromatic rings. The van der Waals surface area contributed by atoms with E-state index in [1.807, 2.05) is 0 Å². The van der Waals surface area contributed by atoms with Crippen LogP contribution in [0.2, 0.25) is 0 Å². The van der Waals surface area contributed by atoms with Crippen LogP contribution in [0.1, 0.15) is 43.5 Å². The van der Waals surface area contributed by atoms with E-state index in [1.54, 1.807) is 0 Å². The van der Waals surface area contributed by atoms with Crippen LogP contribution in [0.4, 0.5) is 8.78 Å². The molecule has 0 saturated heterocycles. The Labute approximate surface area is 157 Å². The molecule has 1 fully saturated rings. The first-order chi connectivity index (χ1) is 13.1. The van der Waals surface area contributed by atoms with Crippen molar-refractivity contribution >= 4 is 5.91 Å². The van der Waals surface area contributed by atoms with Crippen molar-refractivity contribution in [1.82, 2.24) is 20.2 Å². The summed E-state index contributed by atoms with van der Waals surface area (Å²) in [5.41, 5.74) is 2.04. The third-order valence-electron chi connectivity index (χ3n) is 5.43. The zero-order valence-corrected chi connectivity index (χ0v) is 15.2. The summed E-state index contributed by atoms with van der Waals surface area (Å²) in [7, 11) is 0. The Morgan fingerprint density at radius 1 is 1.26 bits per heavy atom. The van der Waals surface area contributed by atoms with Crippen molar-refractivity contribution in [2.45, 2.75) is 51.1 Å². The molecule has 0 radical (unpaired) electrons. The first kappa shape index (κ1) is 18.1. The molecule has 1 amide bonds. The number of carbonyl (C=O) groups excluding carboxylic acids is 1. The van der Waals surface area contributed by atoms with Crippen LogP contribution in [0, 0.1) is 11.6 Å². The van der Waals surface area contributed by atoms with Gasteiger partial charge in [0.25, 0.3) is 0 Å². The fourth-order valence-corrected chi connectivity index (χ4v) is 4.02. The average Bonchev–Trinajstić information content (AvgIpc) is 3.05. The van der Waals surface area contributed by atoms with Crippen LogP contribution in [-0.2, 0) is 17.8 Å². The molecule has 2 aliphatic rings. The van der Waals surface area contributed by atoms with Crippen molar-refractivity contribution in [3.63, 3.8) is 0 Å². The Morgan fingerprint density at radius 2 is 2.07 bits per heavy atom. The van der Waals surface area contributed by atoms with Gasteiger partial charge in [-0.1, -0.05) is 19.3 Å². The zero-order chi connectivity index (χ0) is 18.8. The maximum absolute atomic E-state index is 14.0. The van der Waals surface area contributed by atoms with E-state index in [1.165, 1.54) is 31.4 Å². The van der Waals surface area contributed by atoms with E-state index < -0.39 is 11.6 Å². The van der Waals surface area contributed by atoms with Gasteiger partial charge in [-0.3, -0.25) is 9.69 Å². The number of H-pyrrole nitrogens is 1. The standard InChI is InChI=1S/C20H24F2N4O/c21-13-6-7-15(16(22)10-13)20-24-17-8-9-26(11-18(17)25-20)12-19(27)23-14-4-2-1-3-5-14/h6-7,10,14H,1-5,8-9,11-12H2,(H,23,27)(H,24,25). The van der Waals surface area contributed by atoms with Crippen molar-refractivity contribution in [3.05, 3.63) is 41.2 Å². The summed E-state index contributed by atoms with van der Waals surface area (Å²) in [5.74, 6) is -0.770. The molecule has 2 heterocycles. The third-order valence-corrected chi connectivity index (χ3v) is 5.43. The van der Waals surface area contributed by atoms with E-state index >= 15 is 0 Å². The number of benzene rings is 1. The first-order valence-electron chi connectivity index (χ1n) is 9.63. The quantitative estimate of drug-likeness (QED) is 0.864. The SMILES string of the molecule is O=C(CN1CCc2nc(-c3ccc(F)cc3F)[nH]c2C1)NC1CCCCC1. The van der Waals surface area contributed by atoms with Gasteiger partial charge in [-0.25, -0.2) is 13.8 Å². The van der Waals surface area contributed by atoms with Crippen LogP contribution in [0.25, 0.3) is 11.4 Å². The molecule has 0 unspecified atom stereocenters. The minimum atomic E-state index is -0.634. The molecule has 7 heteroatoms. The highest BCUT2D eigenvalue weighted by Crippen LogP contribution is 2.25. The lowest BCUT2D eigenvalue weighted by molar-refractivity contribution is -0.123. The van der Waals surface area contributed by atoms with Crippen molar-refractivity contribution in [3.8, 4) is 11.4 Å². The van der Waals surface area contributed by atoms with Gasteiger partial charge in [0.2, 0.25) is 5.91 Å². The van der Waals surface area contributed by atoms with Gasteiger partial charge >= 0.3 is 0 Å². The normalized spacial score (nSPS) is 18.3. The minimum Gasteiger partial charge on any atom is -0.352 e. The highest BCUT2D eigenvalue weighted by atomic mass is 19.1. The summed E-state index contributed by atoms with van der Waals surface area (Å²) < 4.78 is 27.1. The summed E-state index contributed by atoms with van der Waals surface area (Å²) in [6, 6.07) is 3.79. The maximum Gasteiger partial charge on any atom is 0.234 e. The largest absolute Gasteiger partial charge is 0.352 e. The summed E-state index contributed by atoms with van der Waals surface area (Å²) in [4.78, 5) is 22.0. The second-order valence-corrected chi connectivity index (χ2v) is 7.50. The van der Waals surface area contributed by atoms with E-state index in [2.05, 4.69) is 20.2 Å². The van der Waals surface area contributed by atoms with Crippen molar-refractivity contribution in [1.29, 1.82) is 0 Å². The number of aromatic nitrogens is 2. The Bertz CT molecular complexity index is 829. The van der Waals surface area contributed by atoms with E-state index in [0.29, 0.717) is 31.4 Å². The Balaban J connectivity index is 1.39. The number of amides is 1. The summed E-state index contributed by atoms with van der Waals surface area (Å²) in [6.07, 6.45) is 6.49. The number of carbonyl (C=O) groups is 1. The second-order valence-electron chi connectivity index (χ2n) is 7.50. The maximum atomic E-state index is 14.0. The number of halogens is 2. The molecular formula is C20H24F2N4O. The molecule has 5 nitrogen and oxygen atoms in total. The number of fused-ring (bicyclic) bond motifs is 1. The number of nitrogens with zero attached hydrogens (tertiary/aromatic N) is 2. The van der Waals surface area contributed by atoms with Crippen LogP contribution in [0.3, 0.4) is 0 Å². The van der Waals surface area contributed by atoms with E-state index in [0.717, 1.165) is 36.8 Å². The lowest BCUT2D eigenvalue weighted by Gasteiger charge is -2.27. The first-order valence-corrected chi connectivity index (χ1v) is 9.63. The monoisotopic (exact) mass is 374 g/mol. The molecular weight excluding hydrogens is 350 g/mol. The van der Waals surface area contributed by atoms with Crippen LogP contribution in [-0.4, -0.2) is 39.9 Å². The topological polar surface area (TPSA) is 61.0 Å². The van der Waals surface area contributed by atoms with Crippen molar-refractivity contribution < 1.29 is 13.6 Å². The van der Waals surface area contributed by atoms with Gasteiger partial charge in [0.1, 0.15) is 17.5 Å². The molecule has 144 valence electrons. The second kappa shape index (κ2) is 7.76. The lowest BCUT2D eigenvalue weighted by Crippen LogP contribution is -2.44. The fraction of sp³-hybridized carbons (Fsp3) is 0.500. The number of aromatic amines is 1. The van der Waals surface area contributed by atoms with Crippen molar-refractivity contribution in [2.24, 2.45) is 0 Å². The minimum absolute atomic E-state index is 0.0645. The Hall–Kier alpha value is -2.28. The Kier molecular flexibility index (Phi) is 5.20. The molecule has 4 rings (SSSR count). The van der Waals surface area contributed by atoms with Gasteiger partial charge in [-0.2, -0.15) is 0 Å². The number of imidazole rings is 1. The lowest BCUT2D eigenvalue weighted by atomic mass is 9.95. The van der Waals surface area contributed by atoms with Gasteiger partial charge < -0.3 is 10.3 Å². The van der Waals surface area contributed by atoms with Crippen LogP contribution in [0.15, 0.2) is 18.2 Å². The predicted molar refractivity (Wildman–Crippen MR) is 97.9 cm³/mol. The predicted octanol–water partition coefficient (Wildman–Crippen LogP) is 3.16. The van der Waals surface area contributed by atoms with E-state index in [9.17, 15) is 13.6 Å². The summed E-state index contributed by atoms with van der Waals surface area (Å²) in [6.45, 7) is 1.67. The number of hydrogen-bond acceptors (Lipinski definition) is 3. The van der Waals surface area contributed by atoms with Crippen LogP contribution in [0.5, 0.6) is 0 Å². The average molecular weight is 374 g/mol. The molecule has 1 aliphatic carbocycles.